The highest BCUT2D eigenvalue weighted by atomic mass is 35.5. The van der Waals surface area contributed by atoms with Crippen LogP contribution in [0.4, 0.5) is 10.1 Å². The Morgan fingerprint density at radius 3 is 2.68 bits per heavy atom. The molecular weight excluding hydrogens is 383 g/mol. The SMILES string of the molecule is CC(C)(C(=O)Nc1ccc2c(c1F)CCNC2)c1ccc2c(c1)OCCO2.Cl. The van der Waals surface area contributed by atoms with Gasteiger partial charge in [0.05, 0.1) is 11.1 Å². The van der Waals surface area contributed by atoms with E-state index in [2.05, 4.69) is 10.6 Å². The Morgan fingerprint density at radius 1 is 1.14 bits per heavy atom. The molecule has 2 aromatic carbocycles. The quantitative estimate of drug-likeness (QED) is 0.818. The Morgan fingerprint density at radius 2 is 1.89 bits per heavy atom. The second-order valence-corrected chi connectivity index (χ2v) is 7.43. The second kappa shape index (κ2) is 7.97. The van der Waals surface area contributed by atoms with Gasteiger partial charge in [0.2, 0.25) is 5.91 Å². The molecule has 7 heteroatoms. The number of ether oxygens (including phenoxy) is 2. The lowest BCUT2D eigenvalue weighted by molar-refractivity contribution is -0.120. The van der Waals surface area contributed by atoms with E-state index in [9.17, 15) is 9.18 Å². The van der Waals surface area contributed by atoms with E-state index in [-0.39, 0.29) is 29.8 Å². The number of nitrogens with one attached hydrogen (secondary N) is 2. The van der Waals surface area contributed by atoms with Crippen LogP contribution in [0.25, 0.3) is 0 Å². The zero-order valence-electron chi connectivity index (χ0n) is 15.9. The van der Waals surface area contributed by atoms with Crippen molar-refractivity contribution in [1.29, 1.82) is 0 Å². The molecule has 0 aromatic heterocycles. The molecule has 2 N–H and O–H groups in total. The molecule has 2 aromatic rings. The second-order valence-electron chi connectivity index (χ2n) is 7.43. The van der Waals surface area contributed by atoms with Gasteiger partial charge in [-0.15, -0.1) is 12.4 Å². The van der Waals surface area contributed by atoms with Crippen LogP contribution in [0.15, 0.2) is 30.3 Å². The molecule has 5 nitrogen and oxygen atoms in total. The van der Waals surface area contributed by atoms with Gasteiger partial charge in [0.1, 0.15) is 19.0 Å². The van der Waals surface area contributed by atoms with Crippen LogP contribution < -0.4 is 20.1 Å². The maximum Gasteiger partial charge on any atom is 0.234 e. The van der Waals surface area contributed by atoms with Gasteiger partial charge >= 0.3 is 0 Å². The fraction of sp³-hybridized carbons (Fsp3) is 0.381. The number of halogens is 2. The Hall–Kier alpha value is -2.31. The molecule has 150 valence electrons. The molecule has 4 rings (SSSR count). The molecular formula is C21H24ClFN2O3. The van der Waals surface area contributed by atoms with Crippen LogP contribution in [0.3, 0.4) is 0 Å². The van der Waals surface area contributed by atoms with Crippen molar-refractivity contribution in [3.05, 3.63) is 52.8 Å². The highest BCUT2D eigenvalue weighted by Gasteiger charge is 2.32. The van der Waals surface area contributed by atoms with E-state index in [1.54, 1.807) is 6.07 Å². The van der Waals surface area contributed by atoms with E-state index in [0.717, 1.165) is 17.7 Å². The van der Waals surface area contributed by atoms with Gasteiger partial charge in [-0.2, -0.15) is 0 Å². The van der Waals surface area contributed by atoms with Crippen LogP contribution >= 0.6 is 12.4 Å². The summed E-state index contributed by atoms with van der Waals surface area (Å²) in [5, 5.41) is 6.00. The van der Waals surface area contributed by atoms with Crippen LogP contribution in [0, 0.1) is 5.82 Å². The number of hydrogen-bond donors (Lipinski definition) is 2. The van der Waals surface area contributed by atoms with Gasteiger partial charge in [0, 0.05) is 6.54 Å². The number of anilines is 1. The first-order chi connectivity index (χ1) is 13.0. The maximum atomic E-state index is 14.9. The first-order valence-electron chi connectivity index (χ1n) is 9.19. The van der Waals surface area contributed by atoms with Crippen LogP contribution in [-0.2, 0) is 23.2 Å². The van der Waals surface area contributed by atoms with Crippen molar-refractivity contribution in [3.63, 3.8) is 0 Å². The third-order valence-electron chi connectivity index (χ3n) is 5.29. The summed E-state index contributed by atoms with van der Waals surface area (Å²) in [6.45, 7) is 6.02. The molecule has 0 spiro atoms. The predicted octanol–water partition coefficient (Wildman–Crippen LogP) is 3.58. The molecule has 28 heavy (non-hydrogen) atoms. The topological polar surface area (TPSA) is 59.6 Å². The first kappa shape index (κ1) is 20.4. The summed E-state index contributed by atoms with van der Waals surface area (Å²) in [7, 11) is 0. The van der Waals surface area contributed by atoms with Crippen molar-refractivity contribution in [2.45, 2.75) is 32.2 Å². The minimum Gasteiger partial charge on any atom is -0.486 e. The largest absolute Gasteiger partial charge is 0.486 e. The van der Waals surface area contributed by atoms with Gasteiger partial charge in [0.25, 0.3) is 0 Å². The van der Waals surface area contributed by atoms with Gasteiger partial charge in [-0.05, 0) is 61.7 Å². The molecule has 0 atom stereocenters. The lowest BCUT2D eigenvalue weighted by Crippen LogP contribution is -2.35. The summed E-state index contributed by atoms with van der Waals surface area (Å²) in [6.07, 6.45) is 0.621. The van der Waals surface area contributed by atoms with Crippen LogP contribution in [-0.4, -0.2) is 25.7 Å². The Kier molecular flexibility index (Phi) is 5.82. The fourth-order valence-corrected chi connectivity index (χ4v) is 3.47. The molecule has 0 unspecified atom stereocenters. The molecule has 0 saturated carbocycles. The maximum absolute atomic E-state index is 14.9. The molecule has 0 saturated heterocycles. The van der Waals surface area contributed by atoms with Crippen molar-refractivity contribution < 1.29 is 18.7 Å². The number of fused-ring (bicyclic) bond motifs is 2. The smallest absolute Gasteiger partial charge is 0.234 e. The van der Waals surface area contributed by atoms with Gasteiger partial charge in [-0.1, -0.05) is 12.1 Å². The number of benzene rings is 2. The van der Waals surface area contributed by atoms with Crippen molar-refractivity contribution in [1.82, 2.24) is 5.32 Å². The van der Waals surface area contributed by atoms with Gasteiger partial charge in [0.15, 0.2) is 11.5 Å². The van der Waals surface area contributed by atoms with E-state index in [1.807, 2.05) is 38.1 Å². The predicted molar refractivity (Wildman–Crippen MR) is 108 cm³/mol. The zero-order chi connectivity index (χ0) is 19.0. The lowest BCUT2D eigenvalue weighted by Gasteiger charge is -2.27. The van der Waals surface area contributed by atoms with Crippen molar-refractivity contribution in [2.75, 3.05) is 25.1 Å². The average Bonchev–Trinajstić information content (AvgIpc) is 2.69. The molecule has 0 aliphatic carbocycles. The molecule has 0 fully saturated rings. The molecule has 2 heterocycles. The summed E-state index contributed by atoms with van der Waals surface area (Å²) in [6, 6.07) is 8.99. The van der Waals surface area contributed by atoms with E-state index in [1.165, 1.54) is 0 Å². The Bertz CT molecular complexity index is 901. The lowest BCUT2D eigenvalue weighted by atomic mass is 9.83. The van der Waals surface area contributed by atoms with Crippen LogP contribution in [0.2, 0.25) is 0 Å². The van der Waals surface area contributed by atoms with Crippen molar-refractivity contribution in [2.24, 2.45) is 0 Å². The van der Waals surface area contributed by atoms with E-state index in [0.29, 0.717) is 43.2 Å². The minimum absolute atomic E-state index is 0. The van der Waals surface area contributed by atoms with Crippen LogP contribution in [0.5, 0.6) is 11.5 Å². The number of carbonyl (C=O) groups is 1. The van der Waals surface area contributed by atoms with Gasteiger partial charge < -0.3 is 20.1 Å². The summed E-state index contributed by atoms with van der Waals surface area (Å²) < 4.78 is 26.0. The summed E-state index contributed by atoms with van der Waals surface area (Å²) in [4.78, 5) is 13.0. The Labute approximate surface area is 170 Å². The molecule has 2 aliphatic rings. The van der Waals surface area contributed by atoms with Gasteiger partial charge in [-0.25, -0.2) is 4.39 Å². The fourth-order valence-electron chi connectivity index (χ4n) is 3.47. The van der Waals surface area contributed by atoms with Crippen LogP contribution in [0.1, 0.15) is 30.5 Å². The van der Waals surface area contributed by atoms with Crippen molar-refractivity contribution in [3.8, 4) is 11.5 Å². The highest BCUT2D eigenvalue weighted by Crippen LogP contribution is 2.36. The molecule has 0 radical (unpaired) electrons. The third kappa shape index (κ3) is 3.66. The van der Waals surface area contributed by atoms with E-state index < -0.39 is 5.41 Å². The normalized spacial score (nSPS) is 15.2. The third-order valence-corrected chi connectivity index (χ3v) is 5.29. The van der Waals surface area contributed by atoms with Gasteiger partial charge in [-0.3, -0.25) is 4.79 Å². The number of carbonyl (C=O) groups excluding carboxylic acids is 1. The van der Waals surface area contributed by atoms with Crippen molar-refractivity contribution >= 4 is 24.0 Å². The average molecular weight is 407 g/mol. The minimum atomic E-state index is -0.861. The summed E-state index contributed by atoms with van der Waals surface area (Å²) in [5.41, 5.74) is 1.78. The monoisotopic (exact) mass is 406 g/mol. The zero-order valence-corrected chi connectivity index (χ0v) is 16.7. The standard InChI is InChI=1S/C21H23FN2O3.ClH/c1-21(2,14-4-6-17-18(11-14)27-10-9-26-17)20(25)24-16-5-3-13-12-23-8-7-15(13)19(16)22;/h3-6,11,23H,7-10,12H2,1-2H3,(H,24,25);1H. The molecule has 1 amide bonds. The molecule has 0 bridgehead atoms. The number of hydrogen-bond acceptors (Lipinski definition) is 4. The molecule has 2 aliphatic heterocycles. The summed E-state index contributed by atoms with van der Waals surface area (Å²) >= 11 is 0. The van der Waals surface area contributed by atoms with E-state index >= 15 is 0 Å². The number of amides is 1. The highest BCUT2D eigenvalue weighted by molar-refractivity contribution is 5.98. The van der Waals surface area contributed by atoms with E-state index in [4.69, 9.17) is 9.47 Å². The Balaban J connectivity index is 0.00000225. The first-order valence-corrected chi connectivity index (χ1v) is 9.19. The number of rotatable bonds is 3. The summed E-state index contributed by atoms with van der Waals surface area (Å²) in [5.74, 6) is 0.704.